The molecule has 1 unspecified atom stereocenters. The highest BCUT2D eigenvalue weighted by Crippen LogP contribution is 2.37. The van der Waals surface area contributed by atoms with E-state index in [2.05, 4.69) is 0 Å². The van der Waals surface area contributed by atoms with Crippen LogP contribution in [0.4, 0.5) is 4.39 Å². The van der Waals surface area contributed by atoms with Crippen LogP contribution in [0.3, 0.4) is 0 Å². The van der Waals surface area contributed by atoms with E-state index in [0.717, 1.165) is 0 Å². The molecule has 0 fully saturated rings. The van der Waals surface area contributed by atoms with Crippen molar-refractivity contribution >= 4 is 11.7 Å². The Morgan fingerprint density at radius 3 is 2.50 bits per heavy atom. The number of ketones is 1. The lowest BCUT2D eigenvalue weighted by Crippen LogP contribution is -2.35. The molecule has 20 heavy (non-hydrogen) atoms. The van der Waals surface area contributed by atoms with Gasteiger partial charge in [-0.3, -0.25) is 9.59 Å². The van der Waals surface area contributed by atoms with Crippen LogP contribution in [0.25, 0.3) is 0 Å². The van der Waals surface area contributed by atoms with Gasteiger partial charge in [-0.25, -0.2) is 4.39 Å². The molecule has 3 N–H and O–H groups in total. The predicted octanol–water partition coefficient (Wildman–Crippen LogP) is 1.07. The molecule has 1 amide bonds. The Morgan fingerprint density at radius 1 is 1.40 bits per heavy atom. The topological polar surface area (TPSA) is 83.6 Å². The molecule has 106 valence electrons. The first-order valence-electron chi connectivity index (χ1n) is 6.18. The Hall–Kier alpha value is -2.21. The molecule has 0 aliphatic carbocycles. The number of hydrogen-bond donors (Lipinski definition) is 2. The summed E-state index contributed by atoms with van der Waals surface area (Å²) in [6.45, 7) is 1.67. The van der Waals surface area contributed by atoms with Crippen LogP contribution in [0, 0.1) is 5.82 Å². The molecule has 5 nitrogen and oxygen atoms in total. The van der Waals surface area contributed by atoms with Gasteiger partial charge >= 0.3 is 0 Å². The van der Waals surface area contributed by atoms with E-state index in [1.54, 1.807) is 0 Å². The van der Waals surface area contributed by atoms with Crippen molar-refractivity contribution in [1.82, 2.24) is 4.90 Å². The van der Waals surface area contributed by atoms with Crippen LogP contribution < -0.4 is 5.73 Å². The molecule has 0 aromatic heterocycles. The fraction of sp³-hybridized carbons (Fsp3) is 0.286. The number of aliphatic hydroxyl groups excluding tert-OH is 1. The fourth-order valence-electron chi connectivity index (χ4n) is 2.37. The Balaban J connectivity index is 2.51. The summed E-state index contributed by atoms with van der Waals surface area (Å²) in [5, 5.41) is 9.86. The first-order chi connectivity index (χ1) is 9.47. The van der Waals surface area contributed by atoms with Gasteiger partial charge in [0.1, 0.15) is 5.82 Å². The van der Waals surface area contributed by atoms with E-state index in [1.807, 2.05) is 0 Å². The number of halogens is 1. The Labute approximate surface area is 115 Å². The van der Waals surface area contributed by atoms with E-state index in [9.17, 15) is 19.1 Å². The zero-order valence-electron chi connectivity index (χ0n) is 11.0. The van der Waals surface area contributed by atoms with E-state index in [-0.39, 0.29) is 18.7 Å². The lowest BCUT2D eigenvalue weighted by atomic mass is 9.97. The van der Waals surface area contributed by atoms with E-state index >= 15 is 0 Å². The molecule has 0 saturated heterocycles. The highest BCUT2D eigenvalue weighted by molar-refractivity contribution is 6.08. The van der Waals surface area contributed by atoms with Crippen molar-refractivity contribution in [3.8, 4) is 0 Å². The lowest BCUT2D eigenvalue weighted by Gasteiger charge is -2.26. The third-order valence-electron chi connectivity index (χ3n) is 3.24. The number of carbonyl (C=O) groups is 2. The molecule has 0 bridgehead atoms. The van der Waals surface area contributed by atoms with Crippen LogP contribution in [0.15, 0.2) is 35.6 Å². The SMILES string of the molecule is CC(=O)C1=C(O)C(=O)N(CCN)C1c1ccc(F)cc1. The van der Waals surface area contributed by atoms with E-state index < -0.39 is 29.3 Å². The molecule has 1 aromatic carbocycles. The highest BCUT2D eigenvalue weighted by atomic mass is 19.1. The molecule has 0 saturated carbocycles. The maximum atomic E-state index is 13.0. The Kier molecular flexibility index (Phi) is 3.85. The van der Waals surface area contributed by atoms with Gasteiger partial charge in [0, 0.05) is 13.1 Å². The molecule has 0 spiro atoms. The summed E-state index contributed by atoms with van der Waals surface area (Å²) >= 11 is 0. The van der Waals surface area contributed by atoms with Gasteiger partial charge in [-0.1, -0.05) is 12.1 Å². The second-order valence-electron chi connectivity index (χ2n) is 4.56. The highest BCUT2D eigenvalue weighted by Gasteiger charge is 2.41. The molecule has 1 heterocycles. The normalized spacial score (nSPS) is 18.9. The van der Waals surface area contributed by atoms with Crippen molar-refractivity contribution in [2.75, 3.05) is 13.1 Å². The van der Waals surface area contributed by atoms with Crippen LogP contribution in [0.5, 0.6) is 0 Å². The predicted molar refractivity (Wildman–Crippen MR) is 70.2 cm³/mol. The third kappa shape index (κ3) is 2.30. The van der Waals surface area contributed by atoms with E-state index in [0.29, 0.717) is 5.56 Å². The fourth-order valence-corrected chi connectivity index (χ4v) is 2.37. The van der Waals surface area contributed by atoms with Crippen LogP contribution in [0.1, 0.15) is 18.5 Å². The molecular formula is C14H15FN2O3. The lowest BCUT2D eigenvalue weighted by molar-refractivity contribution is -0.129. The number of amides is 1. The maximum absolute atomic E-state index is 13.0. The zero-order chi connectivity index (χ0) is 14.9. The largest absolute Gasteiger partial charge is 0.503 e. The summed E-state index contributed by atoms with van der Waals surface area (Å²) in [5.41, 5.74) is 6.04. The average Bonchev–Trinajstić information content (AvgIpc) is 2.65. The smallest absolute Gasteiger partial charge is 0.290 e. The van der Waals surface area contributed by atoms with Crippen molar-refractivity contribution in [3.63, 3.8) is 0 Å². The standard InChI is InChI=1S/C14H15FN2O3/c1-8(18)11-12(9-2-4-10(15)5-3-9)17(7-6-16)14(20)13(11)19/h2-5,12,19H,6-7,16H2,1H3. The van der Waals surface area contributed by atoms with Gasteiger partial charge in [-0.2, -0.15) is 0 Å². The van der Waals surface area contributed by atoms with Crippen molar-refractivity contribution < 1.29 is 19.1 Å². The monoisotopic (exact) mass is 278 g/mol. The van der Waals surface area contributed by atoms with Gasteiger partial charge in [0.2, 0.25) is 0 Å². The minimum absolute atomic E-state index is 0.0232. The number of nitrogens with two attached hydrogens (primary N) is 1. The summed E-state index contributed by atoms with van der Waals surface area (Å²) in [4.78, 5) is 25.0. The van der Waals surface area contributed by atoms with Gasteiger partial charge in [0.15, 0.2) is 11.5 Å². The minimum atomic E-state index is -0.718. The first kappa shape index (κ1) is 14.2. The van der Waals surface area contributed by atoms with Crippen molar-refractivity contribution in [3.05, 3.63) is 47.0 Å². The third-order valence-corrected chi connectivity index (χ3v) is 3.24. The van der Waals surface area contributed by atoms with Crippen molar-refractivity contribution in [1.29, 1.82) is 0 Å². The number of Topliss-reactive ketones (excluding diaryl/α,β-unsaturated/α-hetero) is 1. The van der Waals surface area contributed by atoms with Gasteiger partial charge in [-0.15, -0.1) is 0 Å². The molecule has 6 heteroatoms. The first-order valence-corrected chi connectivity index (χ1v) is 6.18. The second kappa shape index (κ2) is 5.42. The van der Waals surface area contributed by atoms with Crippen LogP contribution >= 0.6 is 0 Å². The van der Waals surface area contributed by atoms with Gasteiger partial charge < -0.3 is 15.7 Å². The second-order valence-corrected chi connectivity index (χ2v) is 4.56. The zero-order valence-corrected chi connectivity index (χ0v) is 11.0. The number of aliphatic hydroxyl groups is 1. The average molecular weight is 278 g/mol. The molecular weight excluding hydrogens is 263 g/mol. The molecule has 2 rings (SSSR count). The van der Waals surface area contributed by atoms with Crippen molar-refractivity contribution in [2.45, 2.75) is 13.0 Å². The number of carbonyl (C=O) groups excluding carboxylic acids is 2. The Morgan fingerprint density at radius 2 is 2.00 bits per heavy atom. The number of hydrogen-bond acceptors (Lipinski definition) is 4. The van der Waals surface area contributed by atoms with Gasteiger partial charge in [0.05, 0.1) is 11.6 Å². The number of nitrogens with zero attached hydrogens (tertiary/aromatic N) is 1. The summed E-state index contributed by atoms with van der Waals surface area (Å²) in [6.07, 6.45) is 0. The van der Waals surface area contributed by atoms with Gasteiger partial charge in [-0.05, 0) is 24.6 Å². The summed E-state index contributed by atoms with van der Waals surface area (Å²) in [6, 6.07) is 4.74. The van der Waals surface area contributed by atoms with E-state index in [4.69, 9.17) is 5.73 Å². The number of benzene rings is 1. The Bertz CT molecular complexity index is 581. The van der Waals surface area contributed by atoms with Crippen LogP contribution in [-0.4, -0.2) is 34.8 Å². The molecule has 1 aromatic rings. The molecule has 1 aliphatic rings. The summed E-state index contributed by atoms with van der Waals surface area (Å²) in [5.74, 6) is -2.00. The quantitative estimate of drug-likeness (QED) is 0.863. The maximum Gasteiger partial charge on any atom is 0.290 e. The molecule has 1 aliphatic heterocycles. The van der Waals surface area contributed by atoms with Crippen LogP contribution in [0.2, 0.25) is 0 Å². The number of rotatable bonds is 4. The van der Waals surface area contributed by atoms with E-state index in [1.165, 1.54) is 36.1 Å². The summed E-state index contributed by atoms with van der Waals surface area (Å²) < 4.78 is 13.0. The molecule has 1 atom stereocenters. The van der Waals surface area contributed by atoms with Crippen molar-refractivity contribution in [2.24, 2.45) is 5.73 Å². The minimum Gasteiger partial charge on any atom is -0.503 e. The van der Waals surface area contributed by atoms with Gasteiger partial charge in [0.25, 0.3) is 5.91 Å². The van der Waals surface area contributed by atoms with Crippen LogP contribution in [-0.2, 0) is 9.59 Å². The summed E-state index contributed by atoms with van der Waals surface area (Å²) in [7, 11) is 0. The molecule has 0 radical (unpaired) electrons.